The maximum absolute atomic E-state index is 11.9. The number of carbonyl (C=O) groups excluding carboxylic acids is 1. The molecule has 1 aliphatic rings. The van der Waals surface area contributed by atoms with Crippen molar-refractivity contribution >= 4 is 5.91 Å². The lowest BCUT2D eigenvalue weighted by Crippen LogP contribution is -2.37. The van der Waals surface area contributed by atoms with Gasteiger partial charge in [0, 0.05) is 24.7 Å². The second-order valence-electron chi connectivity index (χ2n) is 5.21. The molecule has 1 amide bonds. The van der Waals surface area contributed by atoms with Crippen molar-refractivity contribution in [2.75, 3.05) is 13.6 Å². The van der Waals surface area contributed by atoms with E-state index in [9.17, 15) is 4.79 Å². The molecular formula is C14H22N2O2. The molecule has 2 rings (SSSR count). The van der Waals surface area contributed by atoms with E-state index in [1.54, 1.807) is 0 Å². The van der Waals surface area contributed by atoms with Crippen molar-refractivity contribution < 1.29 is 9.21 Å². The first-order valence-electron chi connectivity index (χ1n) is 6.55. The van der Waals surface area contributed by atoms with E-state index < -0.39 is 0 Å². The van der Waals surface area contributed by atoms with Crippen LogP contribution in [0, 0.1) is 13.8 Å². The Bertz CT molecular complexity index is 435. The zero-order valence-electron chi connectivity index (χ0n) is 11.6. The Morgan fingerprint density at radius 3 is 2.72 bits per heavy atom. The molecule has 4 heteroatoms. The smallest absolute Gasteiger partial charge is 0.236 e. The van der Waals surface area contributed by atoms with Crippen LogP contribution in [-0.4, -0.2) is 30.4 Å². The minimum absolute atomic E-state index is 0.138. The summed E-state index contributed by atoms with van der Waals surface area (Å²) in [5, 5.41) is 3.27. The number of carbonyl (C=O) groups is 1. The normalized spacial score (nSPS) is 16.7. The fourth-order valence-electron chi connectivity index (χ4n) is 2.22. The minimum atomic E-state index is 0.138. The number of likely N-dealkylation sites (N-methyl/N-ethyl adjacent to an activating group) is 1. The Hall–Kier alpha value is -1.29. The van der Waals surface area contributed by atoms with Crippen molar-refractivity contribution in [1.82, 2.24) is 10.2 Å². The van der Waals surface area contributed by atoms with Gasteiger partial charge in [-0.3, -0.25) is 4.79 Å². The van der Waals surface area contributed by atoms with E-state index in [-0.39, 0.29) is 11.9 Å². The molecule has 1 atom stereocenters. The molecule has 0 aliphatic heterocycles. The zero-order valence-corrected chi connectivity index (χ0v) is 11.6. The number of hydrogen-bond acceptors (Lipinski definition) is 3. The number of nitrogens with zero attached hydrogens (tertiary/aromatic N) is 1. The summed E-state index contributed by atoms with van der Waals surface area (Å²) in [4.78, 5) is 13.7. The highest BCUT2D eigenvalue weighted by atomic mass is 16.3. The van der Waals surface area contributed by atoms with Gasteiger partial charge in [0.1, 0.15) is 11.5 Å². The molecule has 0 bridgehead atoms. The molecule has 1 aliphatic carbocycles. The van der Waals surface area contributed by atoms with Gasteiger partial charge in [-0.15, -0.1) is 0 Å². The Balaban J connectivity index is 1.86. The Morgan fingerprint density at radius 2 is 2.22 bits per heavy atom. The summed E-state index contributed by atoms with van der Waals surface area (Å²) in [6.45, 7) is 6.34. The van der Waals surface area contributed by atoms with Crippen molar-refractivity contribution in [1.29, 1.82) is 0 Å². The molecule has 4 nitrogen and oxygen atoms in total. The van der Waals surface area contributed by atoms with Gasteiger partial charge in [0.05, 0.1) is 6.54 Å². The van der Waals surface area contributed by atoms with Gasteiger partial charge in [-0.05, 0) is 39.7 Å². The summed E-state index contributed by atoms with van der Waals surface area (Å²) in [6.07, 6.45) is 2.30. The SMILES string of the molecule is Cc1cc(C(C)NCC(=O)N(C)C2CC2)c(C)o1. The lowest BCUT2D eigenvalue weighted by molar-refractivity contribution is -0.129. The van der Waals surface area contributed by atoms with Crippen LogP contribution in [0.1, 0.15) is 42.9 Å². The average molecular weight is 250 g/mol. The summed E-state index contributed by atoms with van der Waals surface area (Å²) < 4.78 is 5.50. The second kappa shape index (κ2) is 5.14. The zero-order chi connectivity index (χ0) is 13.3. The van der Waals surface area contributed by atoms with Gasteiger partial charge >= 0.3 is 0 Å². The van der Waals surface area contributed by atoms with Crippen LogP contribution in [0.15, 0.2) is 10.5 Å². The van der Waals surface area contributed by atoms with E-state index in [1.807, 2.05) is 31.9 Å². The molecule has 0 saturated heterocycles. The number of aryl methyl sites for hydroxylation is 2. The quantitative estimate of drug-likeness (QED) is 0.871. The third-order valence-corrected chi connectivity index (χ3v) is 3.59. The standard InChI is InChI=1S/C14H22N2O2/c1-9-7-13(11(3)18-9)10(2)15-8-14(17)16(4)12-5-6-12/h7,10,12,15H,5-6,8H2,1-4H3. The van der Waals surface area contributed by atoms with Crippen molar-refractivity contribution in [3.63, 3.8) is 0 Å². The molecule has 18 heavy (non-hydrogen) atoms. The van der Waals surface area contributed by atoms with Crippen LogP contribution in [0.25, 0.3) is 0 Å². The molecule has 1 heterocycles. The molecular weight excluding hydrogens is 228 g/mol. The molecule has 0 spiro atoms. The summed E-state index contributed by atoms with van der Waals surface area (Å²) >= 11 is 0. The average Bonchev–Trinajstić information content (AvgIpc) is 3.10. The minimum Gasteiger partial charge on any atom is -0.466 e. The number of furan rings is 1. The number of amides is 1. The van der Waals surface area contributed by atoms with Crippen molar-refractivity contribution in [2.24, 2.45) is 0 Å². The predicted octanol–water partition coefficient (Wildman–Crippen LogP) is 2.17. The maximum atomic E-state index is 11.9. The highest BCUT2D eigenvalue weighted by Gasteiger charge is 2.29. The van der Waals surface area contributed by atoms with Crippen LogP contribution in [-0.2, 0) is 4.79 Å². The van der Waals surface area contributed by atoms with Crippen molar-refractivity contribution in [2.45, 2.75) is 45.7 Å². The molecule has 1 unspecified atom stereocenters. The van der Waals surface area contributed by atoms with E-state index in [1.165, 1.54) is 0 Å². The Labute approximate surface area is 108 Å². The molecule has 1 aromatic rings. The predicted molar refractivity (Wildman–Crippen MR) is 70.4 cm³/mol. The van der Waals surface area contributed by atoms with Crippen LogP contribution in [0.3, 0.4) is 0 Å². The van der Waals surface area contributed by atoms with Crippen molar-refractivity contribution in [3.8, 4) is 0 Å². The van der Waals surface area contributed by atoms with Crippen LogP contribution in [0.5, 0.6) is 0 Å². The first kappa shape index (κ1) is 13.1. The van der Waals surface area contributed by atoms with Gasteiger partial charge in [0.15, 0.2) is 0 Å². The molecule has 0 radical (unpaired) electrons. The first-order valence-corrected chi connectivity index (χ1v) is 6.55. The first-order chi connectivity index (χ1) is 8.49. The summed E-state index contributed by atoms with van der Waals surface area (Å²) in [7, 11) is 1.89. The van der Waals surface area contributed by atoms with Crippen LogP contribution in [0.4, 0.5) is 0 Å². The third kappa shape index (κ3) is 2.93. The van der Waals surface area contributed by atoms with Gasteiger partial charge in [-0.25, -0.2) is 0 Å². The monoisotopic (exact) mass is 250 g/mol. The summed E-state index contributed by atoms with van der Waals surface area (Å²) in [6, 6.07) is 2.65. The van der Waals surface area contributed by atoms with E-state index in [0.29, 0.717) is 12.6 Å². The van der Waals surface area contributed by atoms with Gasteiger partial charge in [0.2, 0.25) is 5.91 Å². The molecule has 100 valence electrons. The number of rotatable bonds is 5. The lowest BCUT2D eigenvalue weighted by Gasteiger charge is -2.19. The highest BCUT2D eigenvalue weighted by molar-refractivity contribution is 5.78. The maximum Gasteiger partial charge on any atom is 0.236 e. The van der Waals surface area contributed by atoms with Crippen molar-refractivity contribution in [3.05, 3.63) is 23.2 Å². The number of nitrogens with one attached hydrogen (secondary N) is 1. The van der Waals surface area contributed by atoms with E-state index in [2.05, 4.69) is 12.2 Å². The van der Waals surface area contributed by atoms with Gasteiger partial charge in [-0.1, -0.05) is 0 Å². The highest BCUT2D eigenvalue weighted by Crippen LogP contribution is 2.25. The Morgan fingerprint density at radius 1 is 1.56 bits per heavy atom. The van der Waals surface area contributed by atoms with Crippen LogP contribution < -0.4 is 5.32 Å². The second-order valence-corrected chi connectivity index (χ2v) is 5.21. The summed E-state index contributed by atoms with van der Waals surface area (Å²) in [5.41, 5.74) is 1.13. The van der Waals surface area contributed by atoms with Gasteiger partial charge < -0.3 is 14.6 Å². The number of hydrogen-bond donors (Lipinski definition) is 1. The topological polar surface area (TPSA) is 45.5 Å². The fraction of sp³-hybridized carbons (Fsp3) is 0.643. The van der Waals surface area contributed by atoms with Gasteiger partial charge in [0.25, 0.3) is 0 Å². The molecule has 1 aromatic heterocycles. The van der Waals surface area contributed by atoms with E-state index >= 15 is 0 Å². The lowest BCUT2D eigenvalue weighted by atomic mass is 10.1. The fourth-order valence-corrected chi connectivity index (χ4v) is 2.22. The molecule has 0 aromatic carbocycles. The van der Waals surface area contributed by atoms with Crippen LogP contribution >= 0.6 is 0 Å². The van der Waals surface area contributed by atoms with E-state index in [0.717, 1.165) is 29.9 Å². The molecule has 1 fully saturated rings. The van der Waals surface area contributed by atoms with Crippen LogP contribution in [0.2, 0.25) is 0 Å². The largest absolute Gasteiger partial charge is 0.466 e. The van der Waals surface area contributed by atoms with Gasteiger partial charge in [-0.2, -0.15) is 0 Å². The molecule has 1 saturated carbocycles. The van der Waals surface area contributed by atoms with E-state index in [4.69, 9.17) is 4.42 Å². The third-order valence-electron chi connectivity index (χ3n) is 3.59. The Kier molecular flexibility index (Phi) is 3.76. The summed E-state index contributed by atoms with van der Waals surface area (Å²) in [5.74, 6) is 2.01. The molecule has 1 N–H and O–H groups in total.